The van der Waals surface area contributed by atoms with Crippen molar-refractivity contribution in [3.63, 3.8) is 0 Å². The molecule has 4 aliphatic carbocycles. The third kappa shape index (κ3) is 2.45. The fourth-order valence-electron chi connectivity index (χ4n) is 7.51. The van der Waals surface area contributed by atoms with Crippen molar-refractivity contribution in [2.75, 3.05) is 0 Å². The summed E-state index contributed by atoms with van der Waals surface area (Å²) in [5.41, 5.74) is 0.328. The first-order valence-corrected chi connectivity index (χ1v) is 10.0. The maximum Gasteiger partial charge on any atom is 0.395 e. The van der Waals surface area contributed by atoms with Crippen LogP contribution in [-0.2, 0) is 0 Å². The Hall–Kier alpha value is -0.510. The summed E-state index contributed by atoms with van der Waals surface area (Å²) in [5.74, 6) is 0.302. The normalized spacial score (nSPS) is 53.1. The zero-order chi connectivity index (χ0) is 18.2. The quantitative estimate of drug-likeness (QED) is 0.549. The first kappa shape index (κ1) is 17.9. The molecule has 0 heterocycles. The fraction of sp³-hybridized carbons (Fsp3) is 0.905. The highest BCUT2D eigenvalue weighted by atomic mass is 19.4. The summed E-state index contributed by atoms with van der Waals surface area (Å²) in [5, 5.41) is 10.1. The largest absolute Gasteiger partial charge is 0.395 e. The molecule has 4 saturated carbocycles. The SMILES string of the molecule is C=C1[C@H](C(F)(F)F)CC2C3CCC4CC(O)CCC4(C)C3CCC12C. The Balaban J connectivity index is 1.64. The molecule has 0 aromatic carbocycles. The van der Waals surface area contributed by atoms with Crippen LogP contribution in [0.2, 0.25) is 0 Å². The highest BCUT2D eigenvalue weighted by Crippen LogP contribution is 2.69. The number of alkyl halides is 3. The second-order valence-electron chi connectivity index (χ2n) is 9.90. The predicted molar refractivity (Wildman–Crippen MR) is 91.8 cm³/mol. The van der Waals surface area contributed by atoms with Gasteiger partial charge in [-0.1, -0.05) is 26.0 Å². The van der Waals surface area contributed by atoms with Gasteiger partial charge in [0.15, 0.2) is 0 Å². The highest BCUT2D eigenvalue weighted by Gasteiger charge is 2.63. The average Bonchev–Trinajstić information content (AvgIpc) is 2.80. The Morgan fingerprint density at radius 3 is 2.40 bits per heavy atom. The second-order valence-corrected chi connectivity index (χ2v) is 9.90. The topological polar surface area (TPSA) is 20.2 Å². The molecule has 1 N–H and O–H groups in total. The minimum atomic E-state index is -4.15. The van der Waals surface area contributed by atoms with Gasteiger partial charge in [0.05, 0.1) is 12.0 Å². The van der Waals surface area contributed by atoms with Crippen molar-refractivity contribution >= 4 is 0 Å². The van der Waals surface area contributed by atoms with Gasteiger partial charge in [-0.15, -0.1) is 0 Å². The van der Waals surface area contributed by atoms with Crippen LogP contribution in [0.4, 0.5) is 13.2 Å². The minimum Gasteiger partial charge on any atom is -0.393 e. The lowest BCUT2D eigenvalue weighted by molar-refractivity contribution is -0.165. The summed E-state index contributed by atoms with van der Waals surface area (Å²) in [7, 11) is 0. The Kier molecular flexibility index (Phi) is 3.93. The molecule has 4 heteroatoms. The van der Waals surface area contributed by atoms with Crippen molar-refractivity contribution < 1.29 is 18.3 Å². The smallest absolute Gasteiger partial charge is 0.393 e. The Labute approximate surface area is 149 Å². The number of fused-ring (bicyclic) bond motifs is 5. The van der Waals surface area contributed by atoms with Gasteiger partial charge in [-0.2, -0.15) is 13.2 Å². The van der Waals surface area contributed by atoms with E-state index in [9.17, 15) is 18.3 Å². The van der Waals surface area contributed by atoms with E-state index in [0.717, 1.165) is 44.9 Å². The molecule has 8 atom stereocenters. The molecule has 0 aromatic rings. The standard InChI is InChI=1S/C21H31F3O/c1-12-17(21(22,23)24)11-18-15-5-4-13-10-14(25)6-8-20(13,3)16(15)7-9-19(12,18)2/h13-18,25H,1,4-11H2,2-3H3/t13?,14?,15?,16?,17-,18?,19?,20?/m1/s1. The zero-order valence-corrected chi connectivity index (χ0v) is 15.4. The number of halogens is 3. The summed E-state index contributed by atoms with van der Waals surface area (Å²) in [6.45, 7) is 8.38. The van der Waals surface area contributed by atoms with Crippen molar-refractivity contribution in [2.24, 2.45) is 40.4 Å². The van der Waals surface area contributed by atoms with Crippen molar-refractivity contribution in [1.29, 1.82) is 0 Å². The monoisotopic (exact) mass is 356 g/mol. The van der Waals surface area contributed by atoms with E-state index < -0.39 is 12.1 Å². The van der Waals surface area contributed by atoms with Crippen molar-refractivity contribution in [1.82, 2.24) is 0 Å². The van der Waals surface area contributed by atoms with E-state index in [0.29, 0.717) is 23.3 Å². The van der Waals surface area contributed by atoms with Gasteiger partial charge in [-0.05, 0) is 85.9 Å². The van der Waals surface area contributed by atoms with Crippen LogP contribution in [0.15, 0.2) is 12.2 Å². The van der Waals surface area contributed by atoms with Crippen LogP contribution in [0.3, 0.4) is 0 Å². The van der Waals surface area contributed by atoms with Crippen molar-refractivity contribution in [2.45, 2.75) is 77.5 Å². The molecule has 0 aliphatic heterocycles. The molecule has 4 aliphatic rings. The highest BCUT2D eigenvalue weighted by molar-refractivity contribution is 5.26. The van der Waals surface area contributed by atoms with Crippen LogP contribution < -0.4 is 0 Å². The Morgan fingerprint density at radius 2 is 1.72 bits per heavy atom. The molecule has 4 rings (SSSR count). The number of aliphatic hydroxyl groups excluding tert-OH is 1. The maximum atomic E-state index is 13.5. The summed E-state index contributed by atoms with van der Waals surface area (Å²) >= 11 is 0. The lowest BCUT2D eigenvalue weighted by Gasteiger charge is -2.60. The molecule has 7 unspecified atom stereocenters. The van der Waals surface area contributed by atoms with Gasteiger partial charge in [-0.3, -0.25) is 0 Å². The molecule has 0 radical (unpaired) electrons. The third-order valence-electron chi connectivity index (χ3n) is 9.07. The number of aliphatic hydroxyl groups is 1. The molecule has 0 saturated heterocycles. The Morgan fingerprint density at radius 1 is 1.00 bits per heavy atom. The van der Waals surface area contributed by atoms with Gasteiger partial charge >= 0.3 is 6.18 Å². The van der Waals surface area contributed by atoms with Crippen LogP contribution in [0, 0.1) is 40.4 Å². The van der Waals surface area contributed by atoms with Crippen molar-refractivity contribution in [3.05, 3.63) is 12.2 Å². The lowest BCUT2D eigenvalue weighted by atomic mass is 9.45. The first-order chi connectivity index (χ1) is 11.6. The number of allylic oxidation sites excluding steroid dienone is 1. The predicted octanol–water partition coefficient (Wildman–Crippen LogP) is 5.73. The van der Waals surface area contributed by atoms with E-state index in [1.807, 2.05) is 0 Å². The van der Waals surface area contributed by atoms with Crippen LogP contribution >= 0.6 is 0 Å². The van der Waals surface area contributed by atoms with Crippen LogP contribution in [0.5, 0.6) is 0 Å². The van der Waals surface area contributed by atoms with Crippen LogP contribution in [0.1, 0.15) is 65.2 Å². The number of rotatable bonds is 0. The van der Waals surface area contributed by atoms with Gasteiger partial charge in [0.1, 0.15) is 0 Å². The lowest BCUT2D eigenvalue weighted by Crippen LogP contribution is -2.53. The fourth-order valence-corrected chi connectivity index (χ4v) is 7.51. The molecule has 25 heavy (non-hydrogen) atoms. The molecule has 0 aromatic heterocycles. The van der Waals surface area contributed by atoms with E-state index in [-0.39, 0.29) is 29.3 Å². The number of hydrogen-bond acceptors (Lipinski definition) is 1. The van der Waals surface area contributed by atoms with E-state index in [1.165, 1.54) is 0 Å². The van der Waals surface area contributed by atoms with Gasteiger partial charge in [0.25, 0.3) is 0 Å². The number of hydrogen-bond donors (Lipinski definition) is 1. The van der Waals surface area contributed by atoms with Crippen molar-refractivity contribution in [3.8, 4) is 0 Å². The Bertz CT molecular complexity index is 570. The molecule has 0 amide bonds. The van der Waals surface area contributed by atoms with Gasteiger partial charge in [-0.25, -0.2) is 0 Å². The first-order valence-electron chi connectivity index (χ1n) is 10.0. The van der Waals surface area contributed by atoms with Gasteiger partial charge in [0.2, 0.25) is 0 Å². The van der Waals surface area contributed by atoms with E-state index in [2.05, 4.69) is 20.4 Å². The molecule has 0 spiro atoms. The summed E-state index contributed by atoms with van der Waals surface area (Å²) in [6, 6.07) is 0. The summed E-state index contributed by atoms with van der Waals surface area (Å²) < 4.78 is 40.6. The molecule has 142 valence electrons. The molecular weight excluding hydrogens is 325 g/mol. The minimum absolute atomic E-state index is 0.134. The average molecular weight is 356 g/mol. The molecule has 4 fully saturated rings. The van der Waals surface area contributed by atoms with E-state index >= 15 is 0 Å². The van der Waals surface area contributed by atoms with Crippen LogP contribution in [-0.4, -0.2) is 17.4 Å². The van der Waals surface area contributed by atoms with Gasteiger partial charge < -0.3 is 5.11 Å². The third-order valence-corrected chi connectivity index (χ3v) is 9.07. The zero-order valence-electron chi connectivity index (χ0n) is 15.4. The van der Waals surface area contributed by atoms with E-state index in [1.54, 1.807) is 0 Å². The second kappa shape index (κ2) is 5.50. The molecular formula is C21H31F3O. The molecule has 0 bridgehead atoms. The summed E-state index contributed by atoms with van der Waals surface area (Å²) in [4.78, 5) is 0. The molecule has 1 nitrogen and oxygen atoms in total. The summed E-state index contributed by atoms with van der Waals surface area (Å²) in [6.07, 6.45) is 2.71. The van der Waals surface area contributed by atoms with Gasteiger partial charge in [0, 0.05) is 0 Å². The van der Waals surface area contributed by atoms with E-state index in [4.69, 9.17) is 0 Å². The van der Waals surface area contributed by atoms with Crippen LogP contribution in [0.25, 0.3) is 0 Å². The maximum absolute atomic E-state index is 13.5.